The molecule has 4 N–H and O–H groups in total. The Balaban J connectivity index is 1.87. The van der Waals surface area contributed by atoms with Crippen molar-refractivity contribution in [2.24, 2.45) is 0 Å². The van der Waals surface area contributed by atoms with Crippen molar-refractivity contribution < 1.29 is 43.2 Å². The summed E-state index contributed by atoms with van der Waals surface area (Å²) in [6.07, 6.45) is 1.04. The number of phenolic OH excluding ortho intramolecular Hbond substituents is 1. The van der Waals surface area contributed by atoms with Gasteiger partial charge in [-0.1, -0.05) is 13.3 Å². The fourth-order valence-corrected chi connectivity index (χ4v) is 4.66. The van der Waals surface area contributed by atoms with Crippen molar-refractivity contribution in [1.82, 2.24) is 9.97 Å². The largest absolute Gasteiger partial charge is 0.506 e. The highest BCUT2D eigenvalue weighted by atomic mass is 16.5. The maximum Gasteiger partial charge on any atom is 0.355 e. The van der Waals surface area contributed by atoms with Crippen LogP contribution in [0.5, 0.6) is 23.0 Å². The average Bonchev–Trinajstić information content (AvgIpc) is 3.55. The highest BCUT2D eigenvalue weighted by molar-refractivity contribution is 6.17. The monoisotopic (exact) mass is 539 g/mol. The number of nitrogens with one attached hydrogen (secondary N) is 3. The molecule has 4 rings (SSSR count). The van der Waals surface area contributed by atoms with E-state index >= 15 is 0 Å². The maximum atomic E-state index is 13.4. The smallest absolute Gasteiger partial charge is 0.355 e. The van der Waals surface area contributed by atoms with Crippen LogP contribution in [0.3, 0.4) is 0 Å². The molecule has 12 nitrogen and oxygen atoms in total. The van der Waals surface area contributed by atoms with Crippen LogP contribution in [0.4, 0.5) is 5.69 Å². The summed E-state index contributed by atoms with van der Waals surface area (Å²) in [5.74, 6) is -1.26. The van der Waals surface area contributed by atoms with Gasteiger partial charge in [0.15, 0.2) is 11.5 Å². The van der Waals surface area contributed by atoms with Crippen molar-refractivity contribution in [2.45, 2.75) is 19.8 Å². The van der Waals surface area contributed by atoms with Gasteiger partial charge < -0.3 is 44.1 Å². The minimum Gasteiger partial charge on any atom is -0.506 e. The SMILES string of the molecule is CCCc1c(NC(=O)c2cc3cc(OC)c(OC)c(OC)c3[nH]2)cc(O)c2[nH]c(C(=O)OC)c(C(=O)OC)c12. The second kappa shape index (κ2) is 10.9. The zero-order valence-corrected chi connectivity index (χ0v) is 22.4. The predicted molar refractivity (Wildman–Crippen MR) is 143 cm³/mol. The lowest BCUT2D eigenvalue weighted by atomic mass is 9.98. The number of aromatic nitrogens is 2. The molecule has 12 heteroatoms. The molecule has 0 fully saturated rings. The first-order valence-electron chi connectivity index (χ1n) is 11.9. The molecule has 0 saturated heterocycles. The van der Waals surface area contributed by atoms with Gasteiger partial charge in [0.1, 0.15) is 22.7 Å². The lowest BCUT2D eigenvalue weighted by Crippen LogP contribution is -2.14. The van der Waals surface area contributed by atoms with E-state index in [4.69, 9.17) is 23.7 Å². The Kier molecular flexibility index (Phi) is 7.56. The van der Waals surface area contributed by atoms with Crippen molar-refractivity contribution in [3.05, 3.63) is 40.7 Å². The van der Waals surface area contributed by atoms with Gasteiger partial charge in [0, 0.05) is 22.5 Å². The van der Waals surface area contributed by atoms with Crippen molar-refractivity contribution >= 4 is 45.3 Å². The summed E-state index contributed by atoms with van der Waals surface area (Å²) < 4.78 is 26.1. The van der Waals surface area contributed by atoms with Crippen LogP contribution in [0.1, 0.15) is 50.2 Å². The Labute approximate surface area is 223 Å². The molecule has 39 heavy (non-hydrogen) atoms. The standard InChI is InChI=1S/C27H29N3O9/c1-7-8-13-14(11-16(31)21-18(13)19(26(33)38-5)22(30-21)27(34)39-6)29-25(32)15-9-12-10-17(35-2)23(36-3)24(37-4)20(12)28-15/h9-11,28,30-31H,7-8H2,1-6H3,(H,29,32). The predicted octanol–water partition coefficient (Wildman–Crippen LogP) is 4.16. The molecular weight excluding hydrogens is 510 g/mol. The lowest BCUT2D eigenvalue weighted by Gasteiger charge is -2.14. The number of H-pyrrole nitrogens is 2. The molecule has 206 valence electrons. The molecular formula is C27H29N3O9. The van der Waals surface area contributed by atoms with Crippen LogP contribution in [0.2, 0.25) is 0 Å². The summed E-state index contributed by atoms with van der Waals surface area (Å²) in [6.45, 7) is 1.92. The molecule has 2 aromatic carbocycles. The Hall–Kier alpha value is -4.87. The number of aromatic amines is 2. The number of rotatable bonds is 9. The van der Waals surface area contributed by atoms with Gasteiger partial charge in [0.2, 0.25) is 5.75 Å². The molecule has 0 atom stereocenters. The molecule has 2 heterocycles. The van der Waals surface area contributed by atoms with Gasteiger partial charge >= 0.3 is 11.9 Å². The highest BCUT2D eigenvalue weighted by Gasteiger charge is 2.29. The minimum absolute atomic E-state index is 0.0938. The Bertz CT molecular complexity index is 1600. The molecule has 0 aliphatic heterocycles. The first-order chi connectivity index (χ1) is 18.7. The quantitative estimate of drug-likeness (QED) is 0.229. The number of esters is 2. The van der Waals surface area contributed by atoms with Crippen LogP contribution < -0.4 is 19.5 Å². The third kappa shape index (κ3) is 4.54. The molecule has 0 bridgehead atoms. The van der Waals surface area contributed by atoms with E-state index in [1.165, 1.54) is 41.6 Å². The summed E-state index contributed by atoms with van der Waals surface area (Å²) >= 11 is 0. The van der Waals surface area contributed by atoms with E-state index in [9.17, 15) is 19.5 Å². The third-order valence-corrected chi connectivity index (χ3v) is 6.36. The molecule has 4 aromatic rings. The average molecular weight is 540 g/mol. The van der Waals surface area contributed by atoms with E-state index in [0.717, 1.165) is 0 Å². The van der Waals surface area contributed by atoms with Crippen LogP contribution in [0, 0.1) is 0 Å². The zero-order valence-electron chi connectivity index (χ0n) is 22.4. The van der Waals surface area contributed by atoms with Gasteiger partial charge in [-0.05, 0) is 24.1 Å². The second-order valence-corrected chi connectivity index (χ2v) is 8.53. The van der Waals surface area contributed by atoms with Crippen LogP contribution in [-0.2, 0) is 15.9 Å². The van der Waals surface area contributed by atoms with E-state index in [1.54, 1.807) is 12.1 Å². The summed E-state index contributed by atoms with van der Waals surface area (Å²) in [5, 5.41) is 14.6. The second-order valence-electron chi connectivity index (χ2n) is 8.53. The Morgan fingerprint density at radius 2 is 1.56 bits per heavy atom. The topological polar surface area (TPSA) is 161 Å². The van der Waals surface area contributed by atoms with Gasteiger partial charge in [0.25, 0.3) is 5.91 Å². The van der Waals surface area contributed by atoms with E-state index in [-0.39, 0.29) is 39.3 Å². The molecule has 2 aromatic heterocycles. The van der Waals surface area contributed by atoms with E-state index < -0.39 is 17.8 Å². The number of carbonyl (C=O) groups excluding carboxylic acids is 3. The molecule has 1 amide bonds. The van der Waals surface area contributed by atoms with Crippen LogP contribution >= 0.6 is 0 Å². The van der Waals surface area contributed by atoms with Crippen LogP contribution in [-0.4, -0.2) is 68.5 Å². The van der Waals surface area contributed by atoms with E-state index in [0.29, 0.717) is 46.6 Å². The summed E-state index contributed by atoms with van der Waals surface area (Å²) in [5.41, 5.74) is 1.39. The number of hydrogen-bond acceptors (Lipinski definition) is 9. The normalized spacial score (nSPS) is 10.9. The number of methoxy groups -OCH3 is 5. The lowest BCUT2D eigenvalue weighted by molar-refractivity contribution is 0.0553. The number of ether oxygens (including phenoxy) is 5. The fourth-order valence-electron chi connectivity index (χ4n) is 4.66. The van der Waals surface area contributed by atoms with Gasteiger partial charge in [-0.2, -0.15) is 0 Å². The molecule has 0 radical (unpaired) electrons. The van der Waals surface area contributed by atoms with E-state index in [2.05, 4.69) is 15.3 Å². The number of carbonyl (C=O) groups is 3. The van der Waals surface area contributed by atoms with Crippen LogP contribution in [0.15, 0.2) is 18.2 Å². The number of anilines is 1. The first kappa shape index (κ1) is 27.2. The zero-order chi connectivity index (χ0) is 28.4. The number of amides is 1. The summed E-state index contributed by atoms with van der Waals surface area (Å²) in [4.78, 5) is 44.5. The number of phenols is 1. The van der Waals surface area contributed by atoms with Gasteiger partial charge in [-0.15, -0.1) is 0 Å². The summed E-state index contributed by atoms with van der Waals surface area (Å²) in [7, 11) is 6.81. The van der Waals surface area contributed by atoms with Crippen molar-refractivity contribution in [3.63, 3.8) is 0 Å². The molecule has 0 saturated carbocycles. The van der Waals surface area contributed by atoms with E-state index in [1.807, 2.05) is 6.92 Å². The van der Waals surface area contributed by atoms with Gasteiger partial charge in [0.05, 0.1) is 46.6 Å². The Morgan fingerprint density at radius 1 is 0.872 bits per heavy atom. The third-order valence-electron chi connectivity index (χ3n) is 6.36. The van der Waals surface area contributed by atoms with Gasteiger partial charge in [-0.3, -0.25) is 4.79 Å². The molecule has 0 spiro atoms. The minimum atomic E-state index is -0.808. The van der Waals surface area contributed by atoms with Gasteiger partial charge in [-0.25, -0.2) is 9.59 Å². The van der Waals surface area contributed by atoms with Crippen molar-refractivity contribution in [3.8, 4) is 23.0 Å². The number of aryl methyl sites for hydroxylation is 1. The van der Waals surface area contributed by atoms with Crippen molar-refractivity contribution in [1.29, 1.82) is 0 Å². The number of hydrogen-bond donors (Lipinski definition) is 4. The highest BCUT2D eigenvalue weighted by Crippen LogP contribution is 2.43. The van der Waals surface area contributed by atoms with Crippen LogP contribution in [0.25, 0.3) is 21.8 Å². The number of fused-ring (bicyclic) bond motifs is 2. The number of aromatic hydroxyl groups is 1. The van der Waals surface area contributed by atoms with Crippen molar-refractivity contribution in [2.75, 3.05) is 40.9 Å². The number of benzene rings is 2. The molecule has 0 aliphatic carbocycles. The molecule has 0 unspecified atom stereocenters. The Morgan fingerprint density at radius 3 is 2.15 bits per heavy atom. The molecule has 0 aliphatic rings. The summed E-state index contributed by atoms with van der Waals surface area (Å²) in [6, 6.07) is 4.69. The fraction of sp³-hybridized carbons (Fsp3) is 0.296. The maximum absolute atomic E-state index is 13.4. The first-order valence-corrected chi connectivity index (χ1v) is 11.9.